The minimum atomic E-state index is -0.270. The van der Waals surface area contributed by atoms with Crippen molar-refractivity contribution in [1.82, 2.24) is 15.0 Å². The average molecular weight is 545 g/mol. The van der Waals surface area contributed by atoms with E-state index in [9.17, 15) is 4.79 Å². The van der Waals surface area contributed by atoms with Gasteiger partial charge in [0.05, 0.1) is 45.3 Å². The zero-order valence-corrected chi connectivity index (χ0v) is 22.4. The van der Waals surface area contributed by atoms with Crippen molar-refractivity contribution < 1.29 is 23.7 Å². The number of fused-ring (bicyclic) bond motifs is 1. The summed E-state index contributed by atoms with van der Waals surface area (Å²) in [6.07, 6.45) is 8.13. The van der Waals surface area contributed by atoms with Crippen LogP contribution in [0.15, 0.2) is 60.0 Å². The molecule has 1 fully saturated rings. The number of nitrogens with two attached hydrogens (primary N) is 2. The summed E-state index contributed by atoms with van der Waals surface area (Å²) in [7, 11) is 3.02. The molecule has 2 aliphatic heterocycles. The first-order valence-corrected chi connectivity index (χ1v) is 13.0. The van der Waals surface area contributed by atoms with Crippen molar-refractivity contribution in [3.63, 3.8) is 0 Å². The molecule has 1 saturated heterocycles. The summed E-state index contributed by atoms with van der Waals surface area (Å²) in [6, 6.07) is 11.6. The Labute approximate surface area is 232 Å². The van der Waals surface area contributed by atoms with Crippen molar-refractivity contribution >= 4 is 23.8 Å². The molecule has 0 saturated carbocycles. The fourth-order valence-electron chi connectivity index (χ4n) is 4.91. The van der Waals surface area contributed by atoms with Crippen LogP contribution in [0.25, 0.3) is 0 Å². The molecule has 1 aromatic heterocycles. The number of rotatable bonds is 10. The van der Waals surface area contributed by atoms with Gasteiger partial charge in [0.25, 0.3) is 0 Å². The highest BCUT2D eigenvalue weighted by molar-refractivity contribution is 6.07. The molecule has 2 aromatic carbocycles. The lowest BCUT2D eigenvalue weighted by Crippen LogP contribution is -2.25. The number of anilines is 2. The van der Waals surface area contributed by atoms with Gasteiger partial charge in [-0.05, 0) is 35.2 Å². The molecule has 3 aromatic rings. The Morgan fingerprint density at radius 3 is 2.67 bits per heavy atom. The van der Waals surface area contributed by atoms with E-state index in [0.29, 0.717) is 48.7 Å². The summed E-state index contributed by atoms with van der Waals surface area (Å²) in [5, 5.41) is 6.42. The molecule has 0 amide bonds. The summed E-state index contributed by atoms with van der Waals surface area (Å²) < 4.78 is 22.4. The number of nitrogen functional groups attached to an aromatic ring is 2. The maximum atomic E-state index is 13.6. The fourth-order valence-corrected chi connectivity index (χ4v) is 4.91. The second kappa shape index (κ2) is 12.1. The molecule has 5 rings (SSSR count). The molecular weight excluding hydrogens is 512 g/mol. The summed E-state index contributed by atoms with van der Waals surface area (Å²) in [6.45, 7) is 1.20. The van der Waals surface area contributed by atoms with E-state index in [4.69, 9.17) is 30.4 Å². The van der Waals surface area contributed by atoms with Gasteiger partial charge in [0, 0.05) is 36.9 Å². The topological polar surface area (TPSA) is 147 Å². The standard InChI is InChI=1S/C29H32N6O5/c1-37-25-15-18(13-20-16-32-29(31)34-28(20)30)14-22(27(25)38-2)24(36)9-10-35-23(7-8-26-39-11-12-40-26)21-6-4-3-5-19(21)17-33-35/h3-6,9-10,14-17,23,26H,7-8,11-13H2,1-2H3,(H4,30,31,32,34)/b10-9+. The van der Waals surface area contributed by atoms with Gasteiger partial charge in [-0.1, -0.05) is 24.3 Å². The highest BCUT2D eigenvalue weighted by Crippen LogP contribution is 2.36. The van der Waals surface area contributed by atoms with E-state index >= 15 is 0 Å². The third kappa shape index (κ3) is 5.90. The first kappa shape index (κ1) is 27.1. The first-order chi connectivity index (χ1) is 19.5. The molecule has 40 heavy (non-hydrogen) atoms. The Balaban J connectivity index is 1.41. The number of carbonyl (C=O) groups is 1. The molecule has 2 aliphatic rings. The van der Waals surface area contributed by atoms with Gasteiger partial charge in [0.15, 0.2) is 23.6 Å². The van der Waals surface area contributed by atoms with Gasteiger partial charge in [-0.15, -0.1) is 0 Å². The lowest BCUT2D eigenvalue weighted by atomic mass is 9.95. The lowest BCUT2D eigenvalue weighted by molar-refractivity contribution is -0.0510. The van der Waals surface area contributed by atoms with Gasteiger partial charge >= 0.3 is 0 Å². The van der Waals surface area contributed by atoms with E-state index in [1.807, 2.05) is 18.2 Å². The molecule has 3 heterocycles. The summed E-state index contributed by atoms with van der Waals surface area (Å²) in [5.74, 6) is 0.860. The van der Waals surface area contributed by atoms with Crippen molar-refractivity contribution in [3.8, 4) is 11.5 Å². The Morgan fingerprint density at radius 1 is 1.12 bits per heavy atom. The Kier molecular flexibility index (Phi) is 8.23. The largest absolute Gasteiger partial charge is 0.493 e. The number of hydrogen-bond acceptors (Lipinski definition) is 11. The van der Waals surface area contributed by atoms with Crippen LogP contribution >= 0.6 is 0 Å². The van der Waals surface area contributed by atoms with Crippen molar-refractivity contribution in [2.45, 2.75) is 31.6 Å². The van der Waals surface area contributed by atoms with Gasteiger partial charge in [0.1, 0.15) is 5.82 Å². The molecule has 11 heteroatoms. The van der Waals surface area contributed by atoms with E-state index in [0.717, 1.165) is 23.1 Å². The van der Waals surface area contributed by atoms with Crippen LogP contribution in [0.5, 0.6) is 11.5 Å². The van der Waals surface area contributed by atoms with Gasteiger partial charge < -0.3 is 30.4 Å². The zero-order valence-electron chi connectivity index (χ0n) is 22.4. The number of ether oxygens (including phenoxy) is 4. The number of ketones is 1. The van der Waals surface area contributed by atoms with Crippen molar-refractivity contribution in [1.29, 1.82) is 0 Å². The van der Waals surface area contributed by atoms with Crippen molar-refractivity contribution in [2.24, 2.45) is 5.10 Å². The molecule has 0 bridgehead atoms. The molecular formula is C29H32N6O5. The highest BCUT2D eigenvalue weighted by atomic mass is 16.7. The number of allylic oxidation sites excluding steroid dienone is 1. The molecule has 0 aliphatic carbocycles. The summed E-state index contributed by atoms with van der Waals surface area (Å²) >= 11 is 0. The molecule has 1 unspecified atom stereocenters. The van der Waals surface area contributed by atoms with Gasteiger partial charge in [-0.3, -0.25) is 9.80 Å². The second-order valence-corrected chi connectivity index (χ2v) is 9.39. The second-order valence-electron chi connectivity index (χ2n) is 9.39. The predicted molar refractivity (Wildman–Crippen MR) is 150 cm³/mol. The SMILES string of the molecule is COc1cc(Cc2cnc(N)nc2N)cc(C(=O)/C=C/N2N=Cc3ccccc3C2CCC2OCCO2)c1OC. The normalized spacial score (nSPS) is 16.9. The van der Waals surface area contributed by atoms with Gasteiger partial charge in [-0.2, -0.15) is 10.1 Å². The number of nitrogens with zero attached hydrogens (tertiary/aromatic N) is 4. The predicted octanol–water partition coefficient (Wildman–Crippen LogP) is 3.49. The van der Waals surface area contributed by atoms with Crippen LogP contribution in [-0.4, -0.2) is 60.7 Å². The number of aromatic nitrogens is 2. The Morgan fingerprint density at radius 2 is 1.93 bits per heavy atom. The maximum Gasteiger partial charge on any atom is 0.221 e. The minimum Gasteiger partial charge on any atom is -0.493 e. The van der Waals surface area contributed by atoms with Gasteiger partial charge in [-0.25, -0.2) is 4.98 Å². The van der Waals surface area contributed by atoms with Gasteiger partial charge in [0.2, 0.25) is 5.95 Å². The first-order valence-electron chi connectivity index (χ1n) is 13.0. The molecule has 0 spiro atoms. The van der Waals surface area contributed by atoms with Crippen molar-refractivity contribution in [2.75, 3.05) is 38.9 Å². The van der Waals surface area contributed by atoms with E-state index in [2.05, 4.69) is 21.1 Å². The molecule has 11 nitrogen and oxygen atoms in total. The maximum absolute atomic E-state index is 13.6. The fraction of sp³-hybridized carbons (Fsp3) is 0.310. The van der Waals surface area contributed by atoms with Crippen LogP contribution in [0.3, 0.4) is 0 Å². The minimum absolute atomic E-state index is 0.0886. The quantitative estimate of drug-likeness (QED) is 0.287. The molecule has 208 valence electrons. The number of carbonyl (C=O) groups excluding carboxylic acids is 1. The highest BCUT2D eigenvalue weighted by Gasteiger charge is 2.26. The monoisotopic (exact) mass is 544 g/mol. The van der Waals surface area contributed by atoms with Crippen LogP contribution in [0.2, 0.25) is 0 Å². The smallest absolute Gasteiger partial charge is 0.221 e. The average Bonchev–Trinajstić information content (AvgIpc) is 3.49. The van der Waals surface area contributed by atoms with Crippen LogP contribution in [0.4, 0.5) is 11.8 Å². The van der Waals surface area contributed by atoms with Crippen LogP contribution in [-0.2, 0) is 15.9 Å². The number of benzene rings is 2. The third-order valence-corrected chi connectivity index (χ3v) is 6.87. The van der Waals surface area contributed by atoms with E-state index in [1.165, 1.54) is 20.3 Å². The lowest BCUT2D eigenvalue weighted by Gasteiger charge is -2.31. The van der Waals surface area contributed by atoms with Crippen LogP contribution in [0.1, 0.15) is 51.5 Å². The van der Waals surface area contributed by atoms with Crippen LogP contribution in [0, 0.1) is 0 Å². The molecule has 1 atom stereocenters. The number of hydrazone groups is 1. The molecule has 0 radical (unpaired) electrons. The van der Waals surface area contributed by atoms with Crippen molar-refractivity contribution in [3.05, 3.63) is 82.7 Å². The summed E-state index contributed by atoms with van der Waals surface area (Å²) in [4.78, 5) is 21.6. The Hall–Kier alpha value is -4.48. The Bertz CT molecular complexity index is 1440. The van der Waals surface area contributed by atoms with E-state index in [1.54, 1.807) is 35.8 Å². The number of methoxy groups -OCH3 is 2. The van der Waals surface area contributed by atoms with Crippen LogP contribution < -0.4 is 20.9 Å². The zero-order chi connectivity index (χ0) is 28.1. The third-order valence-electron chi connectivity index (χ3n) is 6.87. The molecule has 4 N–H and O–H groups in total. The van der Waals surface area contributed by atoms with E-state index in [-0.39, 0.29) is 29.9 Å². The summed E-state index contributed by atoms with van der Waals surface area (Å²) in [5.41, 5.74) is 15.6. The number of hydrogen-bond donors (Lipinski definition) is 2. The van der Waals surface area contributed by atoms with E-state index < -0.39 is 0 Å².